The van der Waals surface area contributed by atoms with Crippen molar-refractivity contribution in [2.45, 2.75) is 39.7 Å². The molecule has 0 amide bonds. The predicted molar refractivity (Wildman–Crippen MR) is 67.0 cm³/mol. The van der Waals surface area contributed by atoms with Crippen molar-refractivity contribution < 1.29 is 9.84 Å². The Labute approximate surface area is 98.3 Å². The molecule has 0 radical (unpaired) electrons. The lowest BCUT2D eigenvalue weighted by atomic mass is 9.87. The second-order valence-corrected chi connectivity index (χ2v) is 4.77. The van der Waals surface area contributed by atoms with Crippen LogP contribution in [0.15, 0.2) is 18.2 Å². The van der Waals surface area contributed by atoms with Gasteiger partial charge >= 0.3 is 0 Å². The summed E-state index contributed by atoms with van der Waals surface area (Å²) in [5.41, 5.74) is 2.28. The molecule has 2 unspecified atom stereocenters. The van der Waals surface area contributed by atoms with Crippen LogP contribution in [0.3, 0.4) is 0 Å². The molecule has 1 N–H and O–H groups in total. The Morgan fingerprint density at radius 1 is 1.19 bits per heavy atom. The minimum atomic E-state index is -0.337. The van der Waals surface area contributed by atoms with E-state index in [4.69, 9.17) is 4.74 Å². The number of benzene rings is 1. The van der Waals surface area contributed by atoms with Crippen molar-refractivity contribution in [1.82, 2.24) is 0 Å². The Morgan fingerprint density at radius 2 is 1.81 bits per heavy atom. The first-order chi connectivity index (χ1) is 7.47. The maximum Gasteiger partial charge on any atom is 0.122 e. The number of hydrogen-bond donors (Lipinski definition) is 1. The number of rotatable bonds is 4. The van der Waals surface area contributed by atoms with Gasteiger partial charge in [-0.3, -0.25) is 0 Å². The van der Waals surface area contributed by atoms with Crippen LogP contribution in [0, 0.1) is 12.8 Å². The van der Waals surface area contributed by atoms with Crippen molar-refractivity contribution in [3.8, 4) is 5.75 Å². The quantitative estimate of drug-likeness (QED) is 0.848. The number of aliphatic hydroxyl groups excluding tert-OH is 1. The van der Waals surface area contributed by atoms with E-state index in [9.17, 15) is 5.11 Å². The van der Waals surface area contributed by atoms with Gasteiger partial charge in [-0.05, 0) is 24.5 Å². The second-order valence-electron chi connectivity index (χ2n) is 4.77. The normalized spacial score (nSPS) is 14.9. The van der Waals surface area contributed by atoms with E-state index in [1.807, 2.05) is 32.9 Å². The summed E-state index contributed by atoms with van der Waals surface area (Å²) in [6, 6.07) is 6.08. The van der Waals surface area contributed by atoms with Gasteiger partial charge in [-0.1, -0.05) is 38.5 Å². The monoisotopic (exact) mass is 222 g/mol. The lowest BCUT2D eigenvalue weighted by Crippen LogP contribution is -2.22. The van der Waals surface area contributed by atoms with Gasteiger partial charge in [0.25, 0.3) is 0 Å². The molecule has 2 heteroatoms. The molecule has 1 aromatic carbocycles. The molecule has 0 saturated heterocycles. The summed E-state index contributed by atoms with van der Waals surface area (Å²) in [6.07, 6.45) is -0.337. The molecule has 0 bridgehead atoms. The fraction of sp³-hybridized carbons (Fsp3) is 0.571. The highest BCUT2D eigenvalue weighted by Gasteiger charge is 2.22. The van der Waals surface area contributed by atoms with Crippen molar-refractivity contribution >= 4 is 0 Å². The van der Waals surface area contributed by atoms with Crippen LogP contribution in [0.1, 0.15) is 37.8 Å². The third-order valence-electron chi connectivity index (χ3n) is 3.07. The van der Waals surface area contributed by atoms with E-state index in [2.05, 4.69) is 13.0 Å². The Bertz CT molecular complexity index is 345. The minimum absolute atomic E-state index is 0.0925. The van der Waals surface area contributed by atoms with Crippen LogP contribution >= 0.6 is 0 Å². The third-order valence-corrected chi connectivity index (χ3v) is 3.07. The third kappa shape index (κ3) is 2.76. The summed E-state index contributed by atoms with van der Waals surface area (Å²) in [7, 11) is 1.67. The highest BCUT2D eigenvalue weighted by Crippen LogP contribution is 2.31. The first kappa shape index (κ1) is 13.0. The van der Waals surface area contributed by atoms with Gasteiger partial charge < -0.3 is 9.84 Å². The SMILES string of the molecule is COc1ccc(C)cc1C(C)C(O)C(C)C. The van der Waals surface area contributed by atoms with E-state index in [1.54, 1.807) is 7.11 Å². The van der Waals surface area contributed by atoms with Crippen LogP contribution in [-0.2, 0) is 0 Å². The summed E-state index contributed by atoms with van der Waals surface area (Å²) in [6.45, 7) is 8.16. The molecule has 1 aromatic rings. The lowest BCUT2D eigenvalue weighted by Gasteiger charge is -2.24. The van der Waals surface area contributed by atoms with E-state index in [1.165, 1.54) is 5.56 Å². The van der Waals surface area contributed by atoms with Gasteiger partial charge in [0.1, 0.15) is 5.75 Å². The average molecular weight is 222 g/mol. The maximum atomic E-state index is 10.1. The molecule has 0 saturated carbocycles. The van der Waals surface area contributed by atoms with Gasteiger partial charge in [-0.15, -0.1) is 0 Å². The molecule has 0 aromatic heterocycles. The Hall–Kier alpha value is -1.02. The van der Waals surface area contributed by atoms with Crippen molar-refractivity contribution in [3.63, 3.8) is 0 Å². The number of aliphatic hydroxyl groups is 1. The number of aryl methyl sites for hydroxylation is 1. The largest absolute Gasteiger partial charge is 0.496 e. The van der Waals surface area contributed by atoms with Gasteiger partial charge in [-0.2, -0.15) is 0 Å². The Kier molecular flexibility index (Phi) is 4.36. The summed E-state index contributed by atoms with van der Waals surface area (Å²) >= 11 is 0. The van der Waals surface area contributed by atoms with E-state index >= 15 is 0 Å². The Morgan fingerprint density at radius 3 is 2.31 bits per heavy atom. The van der Waals surface area contributed by atoms with Crippen LogP contribution < -0.4 is 4.74 Å². The highest BCUT2D eigenvalue weighted by atomic mass is 16.5. The van der Waals surface area contributed by atoms with Gasteiger partial charge in [0.05, 0.1) is 13.2 Å². The number of ether oxygens (including phenoxy) is 1. The molecule has 2 atom stereocenters. The van der Waals surface area contributed by atoms with Crippen LogP contribution in [0.4, 0.5) is 0 Å². The summed E-state index contributed by atoms with van der Waals surface area (Å²) in [5, 5.41) is 10.1. The molecule has 0 heterocycles. The first-order valence-corrected chi connectivity index (χ1v) is 5.80. The van der Waals surface area contributed by atoms with Crippen molar-refractivity contribution in [1.29, 1.82) is 0 Å². The van der Waals surface area contributed by atoms with Crippen molar-refractivity contribution in [3.05, 3.63) is 29.3 Å². The molecular weight excluding hydrogens is 200 g/mol. The van der Waals surface area contributed by atoms with Crippen molar-refractivity contribution in [2.75, 3.05) is 7.11 Å². The van der Waals surface area contributed by atoms with Crippen LogP contribution in [-0.4, -0.2) is 18.3 Å². The molecule has 1 rings (SSSR count). The second kappa shape index (κ2) is 5.35. The van der Waals surface area contributed by atoms with E-state index < -0.39 is 0 Å². The van der Waals surface area contributed by atoms with Gasteiger partial charge in [0, 0.05) is 5.92 Å². The minimum Gasteiger partial charge on any atom is -0.496 e. The topological polar surface area (TPSA) is 29.5 Å². The lowest BCUT2D eigenvalue weighted by molar-refractivity contribution is 0.101. The zero-order valence-corrected chi connectivity index (χ0v) is 10.8. The maximum absolute atomic E-state index is 10.1. The van der Waals surface area contributed by atoms with Crippen LogP contribution in [0.25, 0.3) is 0 Å². The van der Waals surface area contributed by atoms with Crippen molar-refractivity contribution in [2.24, 2.45) is 5.92 Å². The van der Waals surface area contributed by atoms with E-state index in [-0.39, 0.29) is 17.9 Å². The van der Waals surface area contributed by atoms with Gasteiger partial charge in [-0.25, -0.2) is 0 Å². The van der Waals surface area contributed by atoms with E-state index in [0.717, 1.165) is 11.3 Å². The van der Waals surface area contributed by atoms with E-state index in [0.29, 0.717) is 0 Å². The first-order valence-electron chi connectivity index (χ1n) is 5.80. The molecule has 0 aliphatic heterocycles. The summed E-state index contributed by atoms with van der Waals surface area (Å²) in [5.74, 6) is 1.20. The highest BCUT2D eigenvalue weighted by molar-refractivity contribution is 5.39. The Balaban J connectivity index is 3.05. The standard InChI is InChI=1S/C14H22O2/c1-9(2)14(15)11(4)12-8-10(3)6-7-13(12)16-5/h6-9,11,14-15H,1-5H3. The zero-order chi connectivity index (χ0) is 12.3. The van der Waals surface area contributed by atoms with Gasteiger partial charge in [0.2, 0.25) is 0 Å². The molecule has 0 aliphatic carbocycles. The summed E-state index contributed by atoms with van der Waals surface area (Å²) in [4.78, 5) is 0. The molecular formula is C14H22O2. The van der Waals surface area contributed by atoms with Crippen LogP contribution in [0.5, 0.6) is 5.75 Å². The smallest absolute Gasteiger partial charge is 0.122 e. The zero-order valence-electron chi connectivity index (χ0n) is 10.8. The fourth-order valence-electron chi connectivity index (χ4n) is 1.97. The molecule has 0 fully saturated rings. The van der Waals surface area contributed by atoms with Gasteiger partial charge in [0.15, 0.2) is 0 Å². The molecule has 90 valence electrons. The predicted octanol–water partition coefficient (Wildman–Crippen LogP) is 3.12. The molecule has 0 aliphatic rings. The average Bonchev–Trinajstić information content (AvgIpc) is 2.26. The molecule has 0 spiro atoms. The number of hydrogen-bond acceptors (Lipinski definition) is 2. The number of methoxy groups -OCH3 is 1. The molecule has 16 heavy (non-hydrogen) atoms. The summed E-state index contributed by atoms with van der Waals surface area (Å²) < 4.78 is 5.34. The van der Waals surface area contributed by atoms with Crippen LogP contribution in [0.2, 0.25) is 0 Å². The molecule has 2 nitrogen and oxygen atoms in total. The fourth-order valence-corrected chi connectivity index (χ4v) is 1.97.